The molecule has 2 aromatic carbocycles. The van der Waals surface area contributed by atoms with Crippen LogP contribution < -0.4 is 4.90 Å². The van der Waals surface area contributed by atoms with Gasteiger partial charge in [-0.3, -0.25) is 9.69 Å². The van der Waals surface area contributed by atoms with Crippen molar-refractivity contribution in [1.82, 2.24) is 10.1 Å². The fraction of sp³-hybridized carbons (Fsp3) is 0.222. The maximum Gasteiger partial charge on any atom is 0.328 e. The minimum Gasteiger partial charge on any atom is -0.467 e. The zero-order chi connectivity index (χ0) is 18.0. The number of carbonyl (C=O) groups excluding carboxylic acids is 2. The third kappa shape index (κ3) is 2.96. The number of fused-ring (bicyclic) bond motifs is 1. The molecule has 0 radical (unpaired) electrons. The van der Waals surface area contributed by atoms with E-state index in [1.54, 1.807) is 6.92 Å². The number of carbonyl (C=O) groups is 2. The van der Waals surface area contributed by atoms with E-state index in [2.05, 4.69) is 14.7 Å². The van der Waals surface area contributed by atoms with Crippen molar-refractivity contribution in [2.45, 2.75) is 19.9 Å². The van der Waals surface area contributed by atoms with Crippen LogP contribution in [0.2, 0.25) is 0 Å². The molecule has 1 heterocycles. The predicted octanol–water partition coefficient (Wildman–Crippen LogP) is 2.74. The second kappa shape index (κ2) is 6.72. The van der Waals surface area contributed by atoms with Crippen LogP contribution in [0.15, 0.2) is 47.3 Å². The Balaban J connectivity index is 2.23. The molecule has 1 atom stereocenters. The van der Waals surface area contributed by atoms with Crippen molar-refractivity contribution < 1.29 is 18.8 Å². The number of hydrogen-bond donors (Lipinski definition) is 0. The monoisotopic (exact) mass is 339 g/mol. The van der Waals surface area contributed by atoms with Crippen LogP contribution in [0.25, 0.3) is 10.8 Å². The van der Waals surface area contributed by atoms with E-state index in [1.807, 2.05) is 43.3 Å². The number of ether oxygens (including phenoxy) is 1. The van der Waals surface area contributed by atoms with Crippen molar-refractivity contribution in [3.05, 3.63) is 54.2 Å². The van der Waals surface area contributed by atoms with E-state index in [0.717, 1.165) is 22.7 Å². The van der Waals surface area contributed by atoms with Crippen molar-refractivity contribution in [3.8, 4) is 0 Å². The van der Waals surface area contributed by atoms with Crippen molar-refractivity contribution >= 4 is 28.3 Å². The highest BCUT2D eigenvalue weighted by Crippen LogP contribution is 2.33. The fourth-order valence-corrected chi connectivity index (χ4v) is 2.80. The molecule has 0 saturated carbocycles. The Morgan fingerprint density at radius 3 is 2.64 bits per heavy atom. The summed E-state index contributed by atoms with van der Waals surface area (Å²) in [6, 6.07) is 10.6. The number of amides is 1. The van der Waals surface area contributed by atoms with E-state index in [0.29, 0.717) is 5.69 Å². The summed E-state index contributed by atoms with van der Waals surface area (Å²) in [6.45, 7) is 3.48. The Labute approximate surface area is 144 Å². The lowest BCUT2D eigenvalue weighted by molar-refractivity contribution is -0.141. The molecule has 0 unspecified atom stereocenters. The first-order chi connectivity index (χ1) is 12.0. The summed E-state index contributed by atoms with van der Waals surface area (Å²) >= 11 is 0. The largest absolute Gasteiger partial charge is 0.467 e. The summed E-state index contributed by atoms with van der Waals surface area (Å²) in [5.41, 5.74) is 1.46. The quantitative estimate of drug-likeness (QED) is 0.679. The number of benzene rings is 2. The number of esters is 1. The van der Waals surface area contributed by atoms with Gasteiger partial charge in [-0.15, -0.1) is 0 Å². The molecule has 128 valence electrons. The van der Waals surface area contributed by atoms with Crippen LogP contribution in [0.1, 0.15) is 23.1 Å². The number of methoxy groups -OCH3 is 1. The van der Waals surface area contributed by atoms with Gasteiger partial charge in [0.1, 0.15) is 6.04 Å². The molecule has 0 spiro atoms. The van der Waals surface area contributed by atoms with Gasteiger partial charge in [0.25, 0.3) is 11.7 Å². The number of rotatable bonds is 4. The predicted molar refractivity (Wildman–Crippen MR) is 91.3 cm³/mol. The standard InChI is InChI=1S/C18H17N3O4/c1-11-8-9-13-6-4-5-7-14(13)15(11)21(12(2)18(23)24-3)17(22)16-19-10-25-20-16/h4-10,12H,1-3H3/t12-/m0/s1. The second-order valence-corrected chi connectivity index (χ2v) is 5.58. The molecule has 3 rings (SSSR count). The molecule has 0 bridgehead atoms. The lowest BCUT2D eigenvalue weighted by Crippen LogP contribution is -2.45. The average molecular weight is 339 g/mol. The molecular weight excluding hydrogens is 322 g/mol. The SMILES string of the molecule is COC(=O)[C@H](C)N(C(=O)c1ncon1)c1c(C)ccc2ccccc12. The van der Waals surface area contributed by atoms with Crippen LogP contribution in [0, 0.1) is 6.92 Å². The Hall–Kier alpha value is -3.22. The number of aryl methyl sites for hydroxylation is 1. The molecule has 0 aliphatic heterocycles. The van der Waals surface area contributed by atoms with Crippen molar-refractivity contribution in [3.63, 3.8) is 0 Å². The lowest BCUT2D eigenvalue weighted by atomic mass is 10.0. The van der Waals surface area contributed by atoms with Crippen LogP contribution in [-0.4, -0.2) is 35.2 Å². The molecule has 0 aliphatic rings. The van der Waals surface area contributed by atoms with Crippen molar-refractivity contribution in [2.24, 2.45) is 0 Å². The molecular formula is C18H17N3O4. The van der Waals surface area contributed by atoms with E-state index in [-0.39, 0.29) is 5.82 Å². The first-order valence-electron chi connectivity index (χ1n) is 7.70. The summed E-state index contributed by atoms with van der Waals surface area (Å²) < 4.78 is 9.52. The van der Waals surface area contributed by atoms with Crippen molar-refractivity contribution in [1.29, 1.82) is 0 Å². The van der Waals surface area contributed by atoms with Gasteiger partial charge in [0.05, 0.1) is 12.8 Å². The van der Waals surface area contributed by atoms with Crippen LogP contribution in [-0.2, 0) is 9.53 Å². The molecule has 0 fully saturated rings. The fourth-order valence-electron chi connectivity index (χ4n) is 2.80. The Morgan fingerprint density at radius 2 is 1.96 bits per heavy atom. The first kappa shape index (κ1) is 16.6. The van der Waals surface area contributed by atoms with Crippen LogP contribution in [0.5, 0.6) is 0 Å². The van der Waals surface area contributed by atoms with Crippen LogP contribution in [0.4, 0.5) is 5.69 Å². The van der Waals surface area contributed by atoms with Gasteiger partial charge in [0, 0.05) is 5.39 Å². The molecule has 25 heavy (non-hydrogen) atoms. The lowest BCUT2D eigenvalue weighted by Gasteiger charge is -2.29. The highest BCUT2D eigenvalue weighted by atomic mass is 16.5. The van der Waals surface area contributed by atoms with Gasteiger partial charge in [-0.1, -0.05) is 41.6 Å². The summed E-state index contributed by atoms with van der Waals surface area (Å²) in [7, 11) is 1.28. The minimum absolute atomic E-state index is 0.122. The first-order valence-corrected chi connectivity index (χ1v) is 7.70. The Kier molecular flexibility index (Phi) is 4.47. The topological polar surface area (TPSA) is 85.5 Å². The van der Waals surface area contributed by atoms with Gasteiger partial charge >= 0.3 is 5.97 Å². The normalized spacial score (nSPS) is 12.0. The third-order valence-electron chi connectivity index (χ3n) is 4.04. The van der Waals surface area contributed by atoms with Gasteiger partial charge in [-0.05, 0) is 24.8 Å². The molecule has 0 aliphatic carbocycles. The van der Waals surface area contributed by atoms with Gasteiger partial charge in [-0.2, -0.15) is 4.98 Å². The second-order valence-electron chi connectivity index (χ2n) is 5.58. The van der Waals surface area contributed by atoms with Gasteiger partial charge in [-0.25, -0.2) is 4.79 Å². The number of nitrogens with zero attached hydrogens (tertiary/aromatic N) is 3. The number of aromatic nitrogens is 2. The minimum atomic E-state index is -0.861. The molecule has 7 heteroatoms. The van der Waals surface area contributed by atoms with Crippen molar-refractivity contribution in [2.75, 3.05) is 12.0 Å². The van der Waals surface area contributed by atoms with E-state index in [9.17, 15) is 9.59 Å². The molecule has 0 N–H and O–H groups in total. The molecule has 1 amide bonds. The Morgan fingerprint density at radius 1 is 1.20 bits per heavy atom. The molecule has 1 aromatic heterocycles. The maximum absolute atomic E-state index is 13.0. The van der Waals surface area contributed by atoms with Gasteiger partial charge in [0.2, 0.25) is 6.39 Å². The molecule has 0 saturated heterocycles. The average Bonchev–Trinajstić information content (AvgIpc) is 3.17. The zero-order valence-electron chi connectivity index (χ0n) is 14.1. The van der Waals surface area contributed by atoms with E-state index >= 15 is 0 Å². The van der Waals surface area contributed by atoms with Gasteiger partial charge in [0.15, 0.2) is 0 Å². The molecule has 7 nitrogen and oxygen atoms in total. The molecule has 3 aromatic rings. The summed E-state index contributed by atoms with van der Waals surface area (Å²) in [6.07, 6.45) is 1.07. The number of anilines is 1. The Bertz CT molecular complexity index is 921. The highest BCUT2D eigenvalue weighted by Gasteiger charge is 2.33. The van der Waals surface area contributed by atoms with E-state index in [4.69, 9.17) is 4.74 Å². The summed E-state index contributed by atoms with van der Waals surface area (Å²) in [5, 5.41) is 5.40. The van der Waals surface area contributed by atoms with E-state index < -0.39 is 17.9 Å². The maximum atomic E-state index is 13.0. The van der Waals surface area contributed by atoms with E-state index in [1.165, 1.54) is 12.0 Å². The van der Waals surface area contributed by atoms with Gasteiger partial charge < -0.3 is 9.26 Å². The van der Waals surface area contributed by atoms with Crippen LogP contribution >= 0.6 is 0 Å². The highest BCUT2D eigenvalue weighted by molar-refractivity contribution is 6.12. The third-order valence-corrected chi connectivity index (χ3v) is 4.04. The smallest absolute Gasteiger partial charge is 0.328 e. The summed E-state index contributed by atoms with van der Waals surface area (Å²) in [5.74, 6) is -1.20. The summed E-state index contributed by atoms with van der Waals surface area (Å²) in [4.78, 5) is 30.3. The zero-order valence-corrected chi connectivity index (χ0v) is 14.1. The van der Waals surface area contributed by atoms with Crippen LogP contribution in [0.3, 0.4) is 0 Å². The number of hydrogen-bond acceptors (Lipinski definition) is 6.